The molecule has 0 saturated carbocycles. The highest BCUT2D eigenvalue weighted by Gasteiger charge is 2.30. The molecule has 3 aromatic carbocycles. The van der Waals surface area contributed by atoms with Crippen LogP contribution in [0.4, 0.5) is 8.78 Å². The van der Waals surface area contributed by atoms with E-state index in [0.29, 0.717) is 11.1 Å². The Bertz CT molecular complexity index is 983. The number of benzene rings is 3. The molecule has 0 fully saturated rings. The van der Waals surface area contributed by atoms with Crippen LogP contribution in [0.2, 0.25) is 0 Å². The first kappa shape index (κ1) is 19.7. The normalized spacial score (nSPS) is 13.1. The highest BCUT2D eigenvalue weighted by atomic mass is 19.1. The molecular weight excluding hydrogens is 362 g/mol. The Morgan fingerprint density at radius 3 is 2.32 bits per heavy atom. The molecule has 0 aliphatic carbocycles. The Labute approximate surface area is 161 Å². The summed E-state index contributed by atoms with van der Waals surface area (Å²) in [4.78, 5) is 24.9. The summed E-state index contributed by atoms with van der Waals surface area (Å²) in [6.07, 6.45) is -2.31. The van der Waals surface area contributed by atoms with E-state index in [4.69, 9.17) is 4.74 Å². The van der Waals surface area contributed by atoms with Crippen molar-refractivity contribution in [2.75, 3.05) is 6.61 Å². The van der Waals surface area contributed by atoms with Crippen LogP contribution in [-0.2, 0) is 9.53 Å². The van der Waals surface area contributed by atoms with Crippen molar-refractivity contribution in [2.45, 2.75) is 25.4 Å². The number of carbonyl (C=O) groups is 2. The van der Waals surface area contributed by atoms with E-state index in [1.807, 2.05) is 30.3 Å². The maximum atomic E-state index is 14.4. The minimum atomic E-state index is -1.94. The first-order valence-corrected chi connectivity index (χ1v) is 9.08. The standard InChI is InChI=1S/C23H20F2O3/c1-2-28-23(27)21(25)14-20(16-9-11-19(24)12-10-16)22(26)18-8-7-15-5-3-4-6-17(15)13-18/h3-13,20-21H,2,14H2,1H3. The molecule has 5 heteroatoms. The molecule has 0 radical (unpaired) electrons. The first-order valence-electron chi connectivity index (χ1n) is 9.08. The van der Waals surface area contributed by atoms with E-state index in [2.05, 4.69) is 0 Å². The Morgan fingerprint density at radius 2 is 1.64 bits per heavy atom. The predicted octanol–water partition coefficient (Wildman–Crippen LogP) is 5.24. The van der Waals surface area contributed by atoms with E-state index < -0.39 is 23.9 Å². The van der Waals surface area contributed by atoms with Crippen LogP contribution < -0.4 is 0 Å². The zero-order chi connectivity index (χ0) is 20.1. The molecule has 2 atom stereocenters. The van der Waals surface area contributed by atoms with Gasteiger partial charge in [0.1, 0.15) is 5.82 Å². The average molecular weight is 382 g/mol. The van der Waals surface area contributed by atoms with Crippen molar-refractivity contribution in [3.8, 4) is 0 Å². The molecule has 0 aliphatic heterocycles. The van der Waals surface area contributed by atoms with E-state index >= 15 is 0 Å². The number of rotatable bonds is 7. The highest BCUT2D eigenvalue weighted by molar-refractivity contribution is 6.04. The number of halogens is 2. The number of ether oxygens (including phenoxy) is 1. The van der Waals surface area contributed by atoms with Crippen molar-refractivity contribution < 1.29 is 23.1 Å². The van der Waals surface area contributed by atoms with Crippen LogP contribution in [-0.4, -0.2) is 24.5 Å². The average Bonchev–Trinajstić information content (AvgIpc) is 2.72. The topological polar surface area (TPSA) is 43.4 Å². The van der Waals surface area contributed by atoms with Gasteiger partial charge in [-0.3, -0.25) is 4.79 Å². The van der Waals surface area contributed by atoms with Crippen LogP contribution in [0.15, 0.2) is 66.7 Å². The third-order valence-corrected chi connectivity index (χ3v) is 4.61. The number of ketones is 1. The van der Waals surface area contributed by atoms with E-state index in [1.54, 1.807) is 19.1 Å². The third-order valence-electron chi connectivity index (χ3n) is 4.61. The van der Waals surface area contributed by atoms with Crippen LogP contribution in [0.25, 0.3) is 10.8 Å². The van der Waals surface area contributed by atoms with Crippen LogP contribution in [0.5, 0.6) is 0 Å². The molecule has 0 amide bonds. The lowest BCUT2D eigenvalue weighted by Crippen LogP contribution is -2.25. The Morgan fingerprint density at radius 1 is 0.964 bits per heavy atom. The van der Waals surface area contributed by atoms with Crippen LogP contribution in [0.3, 0.4) is 0 Å². The molecule has 0 aliphatic rings. The summed E-state index contributed by atoms with van der Waals surface area (Å²) in [5.41, 5.74) is 0.857. The maximum absolute atomic E-state index is 14.4. The quantitative estimate of drug-likeness (QED) is 0.415. The first-order chi connectivity index (χ1) is 13.5. The van der Waals surface area contributed by atoms with Gasteiger partial charge in [0.25, 0.3) is 0 Å². The van der Waals surface area contributed by atoms with Crippen molar-refractivity contribution in [1.82, 2.24) is 0 Å². The fraction of sp³-hybridized carbons (Fsp3) is 0.217. The van der Waals surface area contributed by atoms with Gasteiger partial charge < -0.3 is 4.74 Å². The molecule has 0 bridgehead atoms. The lowest BCUT2D eigenvalue weighted by atomic mass is 9.86. The Balaban J connectivity index is 1.95. The second-order valence-electron chi connectivity index (χ2n) is 6.49. The number of hydrogen-bond acceptors (Lipinski definition) is 3. The summed E-state index contributed by atoms with van der Waals surface area (Å²) in [5.74, 6) is -2.71. The van der Waals surface area contributed by atoms with Gasteiger partial charge in [0.15, 0.2) is 12.0 Å². The summed E-state index contributed by atoms with van der Waals surface area (Å²) < 4.78 is 32.5. The smallest absolute Gasteiger partial charge is 0.340 e. The molecule has 0 heterocycles. The largest absolute Gasteiger partial charge is 0.464 e. The molecule has 0 spiro atoms. The minimum absolute atomic E-state index is 0.0547. The summed E-state index contributed by atoms with van der Waals surface area (Å²) in [7, 11) is 0. The molecule has 144 valence electrons. The SMILES string of the molecule is CCOC(=O)C(F)CC(C(=O)c1ccc2ccccc2c1)c1ccc(F)cc1. The second kappa shape index (κ2) is 8.74. The van der Waals surface area contributed by atoms with Crippen LogP contribution in [0.1, 0.15) is 35.2 Å². The Kier molecular flexibility index (Phi) is 6.14. The molecule has 3 aromatic rings. The van der Waals surface area contributed by atoms with Crippen LogP contribution >= 0.6 is 0 Å². The predicted molar refractivity (Wildman–Crippen MR) is 104 cm³/mol. The van der Waals surface area contributed by atoms with Crippen molar-refractivity contribution in [3.05, 3.63) is 83.7 Å². The van der Waals surface area contributed by atoms with Crippen molar-refractivity contribution in [1.29, 1.82) is 0 Å². The zero-order valence-electron chi connectivity index (χ0n) is 15.4. The van der Waals surface area contributed by atoms with E-state index in [1.165, 1.54) is 24.3 Å². The fourth-order valence-corrected chi connectivity index (χ4v) is 3.17. The number of Topliss-reactive ketones (excluding diaryl/α,β-unsaturated/α-hetero) is 1. The summed E-state index contributed by atoms with van der Waals surface area (Å²) >= 11 is 0. The molecule has 3 nitrogen and oxygen atoms in total. The summed E-state index contributed by atoms with van der Waals surface area (Å²) in [5, 5.41) is 1.86. The van der Waals surface area contributed by atoms with E-state index in [0.717, 1.165) is 10.8 Å². The van der Waals surface area contributed by atoms with Gasteiger partial charge in [0.2, 0.25) is 0 Å². The van der Waals surface area contributed by atoms with Crippen molar-refractivity contribution in [3.63, 3.8) is 0 Å². The van der Waals surface area contributed by atoms with Gasteiger partial charge in [-0.05, 0) is 41.5 Å². The molecule has 0 saturated heterocycles. The minimum Gasteiger partial charge on any atom is -0.464 e. The molecule has 0 N–H and O–H groups in total. The molecule has 3 rings (SSSR count). The highest BCUT2D eigenvalue weighted by Crippen LogP contribution is 2.29. The molecule has 0 aromatic heterocycles. The second-order valence-corrected chi connectivity index (χ2v) is 6.49. The Hall–Kier alpha value is -3.08. The summed E-state index contributed by atoms with van der Waals surface area (Å²) in [6, 6.07) is 18.1. The van der Waals surface area contributed by atoms with Gasteiger partial charge in [-0.1, -0.05) is 48.5 Å². The third kappa shape index (κ3) is 4.42. The van der Waals surface area contributed by atoms with Gasteiger partial charge in [-0.15, -0.1) is 0 Å². The lowest BCUT2D eigenvalue weighted by molar-refractivity contribution is -0.149. The van der Waals surface area contributed by atoms with Gasteiger partial charge in [0.05, 0.1) is 12.5 Å². The fourth-order valence-electron chi connectivity index (χ4n) is 3.17. The lowest BCUT2D eigenvalue weighted by Gasteiger charge is -2.18. The summed E-state index contributed by atoms with van der Waals surface area (Å²) in [6.45, 7) is 1.64. The molecular formula is C23H20F2O3. The number of esters is 1. The van der Waals surface area contributed by atoms with Gasteiger partial charge in [-0.25, -0.2) is 13.6 Å². The number of hydrogen-bond donors (Lipinski definition) is 0. The van der Waals surface area contributed by atoms with Gasteiger partial charge in [0, 0.05) is 12.0 Å². The number of carbonyl (C=O) groups excluding carboxylic acids is 2. The van der Waals surface area contributed by atoms with Crippen molar-refractivity contribution >= 4 is 22.5 Å². The number of fused-ring (bicyclic) bond motifs is 1. The maximum Gasteiger partial charge on any atom is 0.340 e. The van der Waals surface area contributed by atoms with E-state index in [9.17, 15) is 18.4 Å². The van der Waals surface area contributed by atoms with Crippen molar-refractivity contribution in [2.24, 2.45) is 0 Å². The van der Waals surface area contributed by atoms with E-state index in [-0.39, 0.29) is 18.8 Å². The monoisotopic (exact) mass is 382 g/mol. The number of alkyl halides is 1. The molecule has 28 heavy (non-hydrogen) atoms. The van der Waals surface area contributed by atoms with Gasteiger partial charge in [-0.2, -0.15) is 0 Å². The van der Waals surface area contributed by atoms with Gasteiger partial charge >= 0.3 is 5.97 Å². The zero-order valence-corrected chi connectivity index (χ0v) is 15.4. The van der Waals surface area contributed by atoms with Crippen LogP contribution in [0, 0.1) is 5.82 Å². The molecule has 2 unspecified atom stereocenters.